The van der Waals surface area contributed by atoms with Gasteiger partial charge in [0.25, 0.3) is 0 Å². The van der Waals surface area contributed by atoms with E-state index in [2.05, 4.69) is 25.8 Å². The monoisotopic (exact) mass is 180 g/mol. The molecule has 0 amide bonds. The molecule has 1 fully saturated rings. The van der Waals surface area contributed by atoms with Gasteiger partial charge in [0.15, 0.2) is 0 Å². The lowest BCUT2D eigenvalue weighted by molar-refractivity contribution is 0.515. The van der Waals surface area contributed by atoms with Crippen LogP contribution in [0.3, 0.4) is 0 Å². The van der Waals surface area contributed by atoms with E-state index in [1.54, 1.807) is 0 Å². The van der Waals surface area contributed by atoms with Crippen molar-refractivity contribution in [1.82, 2.24) is 9.55 Å². The molecule has 0 saturated heterocycles. The van der Waals surface area contributed by atoms with Gasteiger partial charge >= 0.3 is 5.69 Å². The van der Waals surface area contributed by atoms with E-state index in [0.717, 1.165) is 18.5 Å². The zero-order chi connectivity index (χ0) is 9.64. The largest absolute Gasteiger partial charge is 0.325 e. The third-order valence-corrected chi connectivity index (χ3v) is 2.49. The number of imidazole rings is 1. The fraction of sp³-hybridized carbons (Fsp3) is 0.700. The third kappa shape index (κ3) is 1.43. The molecule has 0 aromatic carbocycles. The van der Waals surface area contributed by atoms with Crippen molar-refractivity contribution < 1.29 is 0 Å². The van der Waals surface area contributed by atoms with Crippen molar-refractivity contribution in [2.24, 2.45) is 0 Å². The van der Waals surface area contributed by atoms with Crippen molar-refractivity contribution in [1.29, 1.82) is 0 Å². The summed E-state index contributed by atoms with van der Waals surface area (Å²) in [6, 6.07) is 0.466. The van der Waals surface area contributed by atoms with Gasteiger partial charge < -0.3 is 4.98 Å². The first-order valence-electron chi connectivity index (χ1n) is 4.80. The molecule has 2 rings (SSSR count). The van der Waals surface area contributed by atoms with Crippen molar-refractivity contribution in [3.63, 3.8) is 0 Å². The highest BCUT2D eigenvalue weighted by molar-refractivity contribution is 5.13. The number of H-pyrrole nitrogens is 1. The van der Waals surface area contributed by atoms with Gasteiger partial charge in [0.2, 0.25) is 0 Å². The molecule has 3 nitrogen and oxygen atoms in total. The zero-order valence-electron chi connectivity index (χ0n) is 8.42. The van der Waals surface area contributed by atoms with Gasteiger partial charge in [-0.2, -0.15) is 0 Å². The Hall–Kier alpha value is -0.990. The van der Waals surface area contributed by atoms with Crippen LogP contribution in [0.15, 0.2) is 11.0 Å². The molecule has 0 bridgehead atoms. The zero-order valence-corrected chi connectivity index (χ0v) is 8.42. The van der Waals surface area contributed by atoms with E-state index in [0.29, 0.717) is 6.04 Å². The maximum absolute atomic E-state index is 11.5. The first-order valence-corrected chi connectivity index (χ1v) is 4.80. The minimum Gasteiger partial charge on any atom is -0.312 e. The first kappa shape index (κ1) is 8.60. The average Bonchev–Trinajstić information content (AvgIpc) is 2.73. The Labute approximate surface area is 77.8 Å². The molecule has 3 heteroatoms. The Bertz CT molecular complexity index is 363. The molecule has 1 aliphatic carbocycles. The number of hydrogen-bond acceptors (Lipinski definition) is 1. The molecule has 13 heavy (non-hydrogen) atoms. The topological polar surface area (TPSA) is 37.8 Å². The summed E-state index contributed by atoms with van der Waals surface area (Å²) in [6.45, 7) is 6.40. The number of rotatable bonds is 1. The lowest BCUT2D eigenvalue weighted by Gasteiger charge is -2.19. The lowest BCUT2D eigenvalue weighted by atomic mass is 9.92. The molecule has 1 N–H and O–H groups in total. The Morgan fingerprint density at radius 3 is 2.54 bits per heavy atom. The summed E-state index contributed by atoms with van der Waals surface area (Å²) >= 11 is 0. The number of hydrogen-bond donors (Lipinski definition) is 1. The lowest BCUT2D eigenvalue weighted by Crippen LogP contribution is -2.23. The van der Waals surface area contributed by atoms with Gasteiger partial charge in [-0.3, -0.25) is 4.57 Å². The van der Waals surface area contributed by atoms with Crippen molar-refractivity contribution in [2.75, 3.05) is 0 Å². The maximum Gasteiger partial charge on any atom is 0.325 e. The fourth-order valence-corrected chi connectivity index (χ4v) is 1.65. The molecule has 1 aromatic rings. The molecule has 0 spiro atoms. The van der Waals surface area contributed by atoms with Crippen LogP contribution in [0.4, 0.5) is 0 Å². The molecule has 0 atom stereocenters. The van der Waals surface area contributed by atoms with Crippen molar-refractivity contribution in [2.45, 2.75) is 45.1 Å². The molecule has 0 radical (unpaired) electrons. The summed E-state index contributed by atoms with van der Waals surface area (Å²) in [4.78, 5) is 14.2. The van der Waals surface area contributed by atoms with Crippen LogP contribution in [-0.4, -0.2) is 9.55 Å². The summed E-state index contributed by atoms with van der Waals surface area (Å²) in [5.41, 5.74) is 1.23. The molecule has 1 aliphatic rings. The van der Waals surface area contributed by atoms with E-state index in [1.807, 2.05) is 10.8 Å². The molecule has 0 unspecified atom stereocenters. The maximum atomic E-state index is 11.5. The van der Waals surface area contributed by atoms with Gasteiger partial charge in [-0.1, -0.05) is 20.8 Å². The minimum atomic E-state index is 0.0485. The number of aromatic amines is 1. The normalized spacial score (nSPS) is 17.8. The van der Waals surface area contributed by atoms with E-state index >= 15 is 0 Å². The second-order valence-corrected chi connectivity index (χ2v) is 4.83. The standard InChI is InChI=1S/C10H16N2O/c1-10(2,3)8-6-11-9(13)12(8)7-4-5-7/h6-7H,4-5H2,1-3H3,(H,11,13). The molecular formula is C10H16N2O. The van der Waals surface area contributed by atoms with Gasteiger partial charge in [-0.05, 0) is 12.8 Å². The molecule has 1 aromatic heterocycles. The quantitative estimate of drug-likeness (QED) is 0.703. The second-order valence-electron chi connectivity index (χ2n) is 4.83. The highest BCUT2D eigenvalue weighted by atomic mass is 16.1. The van der Waals surface area contributed by atoms with Gasteiger partial charge in [-0.25, -0.2) is 4.79 Å². The fourth-order valence-electron chi connectivity index (χ4n) is 1.65. The minimum absolute atomic E-state index is 0.0485. The van der Waals surface area contributed by atoms with E-state index in [1.165, 1.54) is 0 Å². The SMILES string of the molecule is CC(C)(C)c1c[nH]c(=O)n1C1CC1. The number of aromatic nitrogens is 2. The van der Waals surface area contributed by atoms with Crippen molar-refractivity contribution in [3.05, 3.63) is 22.4 Å². The summed E-state index contributed by atoms with van der Waals surface area (Å²) in [5.74, 6) is 0. The molecule has 72 valence electrons. The Kier molecular flexibility index (Phi) is 1.65. The van der Waals surface area contributed by atoms with E-state index in [9.17, 15) is 4.79 Å². The van der Waals surface area contributed by atoms with E-state index in [-0.39, 0.29) is 11.1 Å². The molecule has 1 heterocycles. The number of nitrogens with zero attached hydrogens (tertiary/aromatic N) is 1. The Morgan fingerprint density at radius 1 is 1.46 bits per heavy atom. The summed E-state index contributed by atoms with van der Waals surface area (Å²) in [7, 11) is 0. The van der Waals surface area contributed by atoms with Crippen LogP contribution in [0.5, 0.6) is 0 Å². The average molecular weight is 180 g/mol. The third-order valence-electron chi connectivity index (χ3n) is 2.49. The predicted molar refractivity (Wildman–Crippen MR) is 52.0 cm³/mol. The second kappa shape index (κ2) is 2.50. The predicted octanol–water partition coefficient (Wildman–Crippen LogP) is 1.81. The van der Waals surface area contributed by atoms with Crippen LogP contribution < -0.4 is 5.69 Å². The Balaban J connectivity index is 2.51. The van der Waals surface area contributed by atoms with Gasteiger partial charge in [-0.15, -0.1) is 0 Å². The van der Waals surface area contributed by atoms with Crippen LogP contribution >= 0.6 is 0 Å². The summed E-state index contributed by atoms with van der Waals surface area (Å²) in [6.07, 6.45) is 4.16. The molecule has 1 saturated carbocycles. The van der Waals surface area contributed by atoms with Crippen LogP contribution in [0, 0.1) is 0 Å². The van der Waals surface area contributed by atoms with Gasteiger partial charge in [0, 0.05) is 23.3 Å². The molecular weight excluding hydrogens is 164 g/mol. The smallest absolute Gasteiger partial charge is 0.312 e. The van der Waals surface area contributed by atoms with Crippen LogP contribution in [0.25, 0.3) is 0 Å². The van der Waals surface area contributed by atoms with Gasteiger partial charge in [0.1, 0.15) is 0 Å². The van der Waals surface area contributed by atoms with E-state index < -0.39 is 0 Å². The van der Waals surface area contributed by atoms with Crippen molar-refractivity contribution >= 4 is 0 Å². The van der Waals surface area contributed by atoms with Crippen molar-refractivity contribution in [3.8, 4) is 0 Å². The van der Waals surface area contributed by atoms with Crippen LogP contribution in [0.1, 0.15) is 45.3 Å². The highest BCUT2D eigenvalue weighted by Crippen LogP contribution is 2.36. The van der Waals surface area contributed by atoms with E-state index in [4.69, 9.17) is 0 Å². The van der Waals surface area contributed by atoms with Gasteiger partial charge in [0.05, 0.1) is 0 Å². The summed E-state index contributed by atoms with van der Waals surface area (Å²) in [5, 5.41) is 0. The Morgan fingerprint density at radius 2 is 2.08 bits per heavy atom. The van der Waals surface area contributed by atoms with Crippen LogP contribution in [0.2, 0.25) is 0 Å². The number of nitrogens with one attached hydrogen (secondary N) is 1. The van der Waals surface area contributed by atoms with Crippen LogP contribution in [-0.2, 0) is 5.41 Å². The molecule has 0 aliphatic heterocycles. The first-order chi connectivity index (χ1) is 6.00. The highest BCUT2D eigenvalue weighted by Gasteiger charge is 2.30. The summed E-state index contributed by atoms with van der Waals surface area (Å²) < 4.78 is 1.92.